The van der Waals surface area contributed by atoms with Gasteiger partial charge in [-0.2, -0.15) is 0 Å². The molecule has 4 aromatic carbocycles. The lowest BCUT2D eigenvalue weighted by Crippen LogP contribution is -2.47. The normalized spacial score (nSPS) is 15.1. The van der Waals surface area contributed by atoms with E-state index in [9.17, 15) is 8.42 Å². The number of aromatic nitrogens is 1. The van der Waals surface area contributed by atoms with Crippen LogP contribution in [-0.4, -0.2) is 82.0 Å². The predicted octanol–water partition coefficient (Wildman–Crippen LogP) is 7.87. The molecule has 51 heavy (non-hydrogen) atoms. The van der Waals surface area contributed by atoms with Gasteiger partial charge in [0.25, 0.3) is 0 Å². The summed E-state index contributed by atoms with van der Waals surface area (Å²) in [5.41, 5.74) is 8.73. The van der Waals surface area contributed by atoms with E-state index in [0.717, 1.165) is 67.2 Å². The van der Waals surface area contributed by atoms with Gasteiger partial charge in [0.05, 0.1) is 11.8 Å². The second-order valence-electron chi connectivity index (χ2n) is 14.8. The number of fused-ring (bicyclic) bond motifs is 1. The van der Waals surface area contributed by atoms with Gasteiger partial charge in [0.1, 0.15) is 0 Å². The lowest BCUT2D eigenvalue weighted by Gasteiger charge is -2.40. The molecular weight excluding hydrogens is 674 g/mol. The molecule has 0 amide bonds. The van der Waals surface area contributed by atoms with Gasteiger partial charge >= 0.3 is 0 Å². The van der Waals surface area contributed by atoms with Gasteiger partial charge in [-0.05, 0) is 90.6 Å². The number of sulfonamides is 1. The second-order valence-corrected chi connectivity index (χ2v) is 17.2. The highest BCUT2D eigenvalue weighted by Crippen LogP contribution is 2.31. The Kier molecular flexibility index (Phi) is 13.2. The largest absolute Gasteiger partial charge is 0.361 e. The molecule has 272 valence electrons. The van der Waals surface area contributed by atoms with E-state index in [4.69, 9.17) is 11.6 Å². The van der Waals surface area contributed by atoms with Crippen LogP contribution in [0.2, 0.25) is 5.02 Å². The number of hydrogen-bond donors (Lipinski definition) is 2. The lowest BCUT2D eigenvalue weighted by atomic mass is 9.87. The van der Waals surface area contributed by atoms with Crippen molar-refractivity contribution in [3.05, 3.63) is 142 Å². The number of nitrogens with one attached hydrogen (secondary N) is 2. The molecule has 1 aromatic heterocycles. The van der Waals surface area contributed by atoms with Crippen molar-refractivity contribution < 1.29 is 8.42 Å². The molecular formula is C42H54ClN5O2S. The topological polar surface area (TPSA) is 71.7 Å². The number of likely N-dealkylation sites (N-methyl/N-ethyl adjacent to an activating group) is 1. The van der Waals surface area contributed by atoms with E-state index >= 15 is 0 Å². The first-order valence-corrected chi connectivity index (χ1v) is 19.9. The average Bonchev–Trinajstić information content (AvgIpc) is 3.51. The summed E-state index contributed by atoms with van der Waals surface area (Å²) >= 11 is 6.16. The summed E-state index contributed by atoms with van der Waals surface area (Å²) in [6.45, 7) is 13.1. The van der Waals surface area contributed by atoms with Crippen molar-refractivity contribution >= 4 is 32.5 Å². The third kappa shape index (κ3) is 11.0. The van der Waals surface area contributed by atoms with Crippen molar-refractivity contribution in [1.29, 1.82) is 0 Å². The summed E-state index contributed by atoms with van der Waals surface area (Å²) in [4.78, 5) is 10.6. The van der Waals surface area contributed by atoms with Gasteiger partial charge < -0.3 is 9.88 Å². The van der Waals surface area contributed by atoms with Crippen LogP contribution in [0.5, 0.6) is 0 Å². The standard InChI is InChI=1S/C28H33ClN2.C14H21N3O2S/c1-28(2,3)25-13-9-22(10-14-25)21-30-17-19-31(20-18-30)27(23-7-5-4-6-8-23)24-11-15-26(29)16-12-24;1-15-20(18,19)10-11-4-5-14-13(8-11)12(9-16-14)6-7-17(2)3/h4-16,27H,17-21H2,1-3H3;4-5,8-9,15-16H,6-7,10H2,1-3H3. The maximum absolute atomic E-state index is 11.6. The smallest absolute Gasteiger partial charge is 0.215 e. The Bertz CT molecular complexity index is 1930. The molecule has 2 heterocycles. The summed E-state index contributed by atoms with van der Waals surface area (Å²) in [5, 5.41) is 1.90. The number of piperazine rings is 1. The number of aromatic amines is 1. The molecule has 0 radical (unpaired) electrons. The van der Waals surface area contributed by atoms with Crippen molar-refractivity contribution in [2.24, 2.45) is 0 Å². The van der Waals surface area contributed by atoms with E-state index in [0.29, 0.717) is 0 Å². The van der Waals surface area contributed by atoms with Gasteiger partial charge in [-0.15, -0.1) is 0 Å². The molecule has 1 aliphatic rings. The van der Waals surface area contributed by atoms with Crippen LogP contribution in [0.3, 0.4) is 0 Å². The molecule has 1 aliphatic heterocycles. The van der Waals surface area contributed by atoms with Crippen LogP contribution in [0.4, 0.5) is 0 Å². The van der Waals surface area contributed by atoms with Gasteiger partial charge in [-0.1, -0.05) is 105 Å². The highest BCUT2D eigenvalue weighted by Gasteiger charge is 2.26. The zero-order chi connectivity index (χ0) is 36.6. The Labute approximate surface area is 310 Å². The zero-order valence-electron chi connectivity index (χ0n) is 31.0. The molecule has 0 aliphatic carbocycles. The number of rotatable bonds is 11. The summed E-state index contributed by atoms with van der Waals surface area (Å²) in [5.74, 6) is 0.0116. The molecule has 1 fully saturated rings. The maximum atomic E-state index is 11.6. The molecule has 1 atom stereocenters. The maximum Gasteiger partial charge on any atom is 0.215 e. The monoisotopic (exact) mass is 727 g/mol. The summed E-state index contributed by atoms with van der Waals surface area (Å²) in [6.07, 6.45) is 2.94. The SMILES string of the molecule is CC(C)(C)c1ccc(CN2CCN(C(c3ccccc3)c3ccc(Cl)cc3)CC2)cc1.CNS(=O)(=O)Cc1ccc2[nH]cc(CCN(C)C)c2c1. The second kappa shape index (κ2) is 17.3. The Balaban J connectivity index is 0.000000218. The Morgan fingerprint density at radius 2 is 1.47 bits per heavy atom. The highest BCUT2D eigenvalue weighted by atomic mass is 35.5. The molecule has 7 nitrogen and oxygen atoms in total. The highest BCUT2D eigenvalue weighted by molar-refractivity contribution is 7.88. The van der Waals surface area contributed by atoms with E-state index in [1.54, 1.807) is 0 Å². The number of halogens is 1. The summed E-state index contributed by atoms with van der Waals surface area (Å²) in [7, 11) is 2.29. The van der Waals surface area contributed by atoms with Gasteiger partial charge in [-0.3, -0.25) is 9.80 Å². The number of hydrogen-bond acceptors (Lipinski definition) is 5. The van der Waals surface area contributed by atoms with Crippen molar-refractivity contribution in [1.82, 2.24) is 24.4 Å². The van der Waals surface area contributed by atoms with Crippen LogP contribution in [0.15, 0.2) is 103 Å². The zero-order valence-corrected chi connectivity index (χ0v) is 32.6. The molecule has 6 rings (SSSR count). The van der Waals surface area contributed by atoms with Crippen LogP contribution in [0, 0.1) is 0 Å². The molecule has 5 aromatic rings. The van der Waals surface area contributed by atoms with Crippen molar-refractivity contribution in [3.63, 3.8) is 0 Å². The van der Waals surface area contributed by atoms with E-state index < -0.39 is 10.0 Å². The Hall–Kier alpha value is -3.50. The molecule has 0 bridgehead atoms. The van der Waals surface area contributed by atoms with Crippen LogP contribution in [0.1, 0.15) is 60.2 Å². The fraction of sp³-hybridized carbons (Fsp3) is 0.381. The van der Waals surface area contributed by atoms with Crippen LogP contribution in [-0.2, 0) is 34.2 Å². The minimum absolute atomic E-state index is 0.0116. The fourth-order valence-corrected chi connectivity index (χ4v) is 7.49. The summed E-state index contributed by atoms with van der Waals surface area (Å²) < 4.78 is 25.6. The third-order valence-corrected chi connectivity index (χ3v) is 11.2. The quantitative estimate of drug-likeness (QED) is 0.145. The number of H-pyrrole nitrogens is 1. The van der Waals surface area contributed by atoms with Crippen LogP contribution < -0.4 is 4.72 Å². The number of benzene rings is 4. The van der Waals surface area contributed by atoms with Crippen LogP contribution >= 0.6 is 11.6 Å². The average molecular weight is 728 g/mol. The number of nitrogens with zero attached hydrogens (tertiary/aromatic N) is 3. The summed E-state index contributed by atoms with van der Waals surface area (Å²) in [6, 6.07) is 34.4. The van der Waals surface area contributed by atoms with Crippen molar-refractivity contribution in [3.8, 4) is 0 Å². The molecule has 1 unspecified atom stereocenters. The first-order chi connectivity index (χ1) is 24.3. The Morgan fingerprint density at radius 3 is 2.08 bits per heavy atom. The van der Waals surface area contributed by atoms with Gasteiger partial charge in [-0.25, -0.2) is 13.1 Å². The van der Waals surface area contributed by atoms with Gasteiger partial charge in [0.2, 0.25) is 10.0 Å². The first kappa shape index (κ1) is 38.7. The van der Waals surface area contributed by atoms with Crippen molar-refractivity contribution in [2.45, 2.75) is 50.9 Å². The first-order valence-electron chi connectivity index (χ1n) is 17.8. The molecule has 9 heteroatoms. The predicted molar refractivity (Wildman–Crippen MR) is 214 cm³/mol. The molecule has 2 N–H and O–H groups in total. The molecule has 0 spiro atoms. The van der Waals surface area contributed by atoms with Crippen LogP contribution in [0.25, 0.3) is 10.9 Å². The van der Waals surface area contributed by atoms with E-state index in [1.807, 2.05) is 50.6 Å². The van der Waals surface area contributed by atoms with E-state index in [1.165, 1.54) is 34.9 Å². The van der Waals surface area contributed by atoms with E-state index in [2.05, 4.69) is 112 Å². The fourth-order valence-electron chi connectivity index (χ4n) is 6.60. The third-order valence-electron chi connectivity index (χ3n) is 9.63. The molecule has 0 saturated carbocycles. The van der Waals surface area contributed by atoms with E-state index in [-0.39, 0.29) is 17.2 Å². The Morgan fingerprint density at radius 1 is 0.843 bits per heavy atom. The van der Waals surface area contributed by atoms with Crippen molar-refractivity contribution in [2.75, 3.05) is 53.9 Å². The van der Waals surface area contributed by atoms with Gasteiger partial charge in [0.15, 0.2) is 0 Å². The molecule has 1 saturated heterocycles. The van der Waals surface area contributed by atoms with Gasteiger partial charge in [0, 0.05) is 61.4 Å². The lowest BCUT2D eigenvalue weighted by molar-refractivity contribution is 0.105. The minimum atomic E-state index is -3.23. The minimum Gasteiger partial charge on any atom is -0.361 e.